The molecule has 0 spiro atoms. The van der Waals surface area contributed by atoms with Crippen LogP contribution in [0, 0.1) is 0 Å². The summed E-state index contributed by atoms with van der Waals surface area (Å²) in [6.07, 6.45) is 0. The first kappa shape index (κ1) is 19.4. The average molecular weight is 406 g/mol. The van der Waals surface area contributed by atoms with E-state index in [0.717, 1.165) is 11.3 Å². The summed E-state index contributed by atoms with van der Waals surface area (Å²) in [5.74, 6) is 1.66. The molecule has 0 radical (unpaired) electrons. The zero-order valence-corrected chi connectivity index (χ0v) is 16.1. The third-order valence-electron chi connectivity index (χ3n) is 3.11. The number of thioether (sulfide) groups is 1. The molecule has 0 heterocycles. The lowest BCUT2D eigenvalue weighted by Gasteiger charge is -2.11. The van der Waals surface area contributed by atoms with Crippen LogP contribution in [-0.2, 0) is 15.8 Å². The second-order valence-electron chi connectivity index (χ2n) is 4.88. The third kappa shape index (κ3) is 5.57. The van der Waals surface area contributed by atoms with Gasteiger partial charge >= 0.3 is 0 Å². The number of hydrogen-bond donors (Lipinski definition) is 1. The summed E-state index contributed by atoms with van der Waals surface area (Å²) in [6, 6.07) is 12.1. The molecule has 0 aliphatic rings. The Balaban J connectivity index is 1.88. The van der Waals surface area contributed by atoms with E-state index < -0.39 is 10.0 Å². The summed E-state index contributed by atoms with van der Waals surface area (Å²) in [5, 5.41) is 1.04. The summed E-state index contributed by atoms with van der Waals surface area (Å²) in [5.41, 5.74) is 1.10. The van der Waals surface area contributed by atoms with Crippen molar-refractivity contribution in [3.05, 3.63) is 58.1 Å². The summed E-state index contributed by atoms with van der Waals surface area (Å²) >= 11 is 13.4. The van der Waals surface area contributed by atoms with Gasteiger partial charge in [-0.3, -0.25) is 0 Å². The second kappa shape index (κ2) is 8.97. The number of sulfonamides is 1. The van der Waals surface area contributed by atoms with Gasteiger partial charge in [-0.15, -0.1) is 0 Å². The molecular weight excluding hydrogens is 389 g/mol. The smallest absolute Gasteiger partial charge is 0.244 e. The fourth-order valence-corrected chi connectivity index (χ4v) is 4.61. The molecule has 0 aliphatic heterocycles. The van der Waals surface area contributed by atoms with Crippen molar-refractivity contribution >= 4 is 45.0 Å². The van der Waals surface area contributed by atoms with Crippen molar-refractivity contribution in [2.24, 2.45) is 0 Å². The van der Waals surface area contributed by atoms with Crippen LogP contribution >= 0.6 is 35.0 Å². The normalized spacial score (nSPS) is 11.5. The Labute approximate surface area is 156 Å². The van der Waals surface area contributed by atoms with Crippen LogP contribution in [0.3, 0.4) is 0 Å². The monoisotopic (exact) mass is 405 g/mol. The molecule has 24 heavy (non-hydrogen) atoms. The lowest BCUT2D eigenvalue weighted by atomic mass is 10.2. The van der Waals surface area contributed by atoms with Gasteiger partial charge in [-0.05, 0) is 35.9 Å². The van der Waals surface area contributed by atoms with E-state index in [1.807, 2.05) is 24.3 Å². The van der Waals surface area contributed by atoms with Crippen molar-refractivity contribution in [3.63, 3.8) is 0 Å². The number of methoxy groups -OCH3 is 1. The van der Waals surface area contributed by atoms with Gasteiger partial charge in [-0.25, -0.2) is 13.1 Å². The maximum atomic E-state index is 12.4. The Hall–Kier alpha value is -0.920. The summed E-state index contributed by atoms with van der Waals surface area (Å²) < 4.78 is 32.4. The topological polar surface area (TPSA) is 55.4 Å². The molecule has 2 rings (SSSR count). The lowest BCUT2D eigenvalue weighted by Crippen LogP contribution is -2.26. The van der Waals surface area contributed by atoms with E-state index in [1.54, 1.807) is 17.8 Å². The minimum Gasteiger partial charge on any atom is -0.495 e. The Kier molecular flexibility index (Phi) is 7.25. The number of hydrogen-bond acceptors (Lipinski definition) is 4. The Morgan fingerprint density at radius 1 is 1.12 bits per heavy atom. The molecule has 0 aromatic heterocycles. The molecule has 2 aromatic rings. The molecule has 0 atom stereocenters. The van der Waals surface area contributed by atoms with Gasteiger partial charge in [0.2, 0.25) is 10.0 Å². The maximum absolute atomic E-state index is 12.4. The molecule has 2 aromatic carbocycles. The first-order chi connectivity index (χ1) is 11.4. The molecular formula is C16H17Cl2NO3S2. The van der Waals surface area contributed by atoms with Gasteiger partial charge in [0, 0.05) is 28.1 Å². The predicted octanol–water partition coefficient (Wildman–Crippen LogP) is 4.21. The standard InChI is InChI=1S/C16H17Cl2NO3S2/c1-22-15-6-5-14(18)10-16(15)24(20,21)19-7-8-23-11-12-3-2-4-13(17)9-12/h2-6,9-10,19H,7-8,11H2,1H3. The SMILES string of the molecule is COc1ccc(Cl)cc1S(=O)(=O)NCCSCc1cccc(Cl)c1. The van der Waals surface area contributed by atoms with Gasteiger partial charge in [-0.1, -0.05) is 35.3 Å². The molecule has 1 N–H and O–H groups in total. The fraction of sp³-hybridized carbons (Fsp3) is 0.250. The van der Waals surface area contributed by atoms with Gasteiger partial charge in [0.25, 0.3) is 0 Å². The molecule has 0 bridgehead atoms. The highest BCUT2D eigenvalue weighted by atomic mass is 35.5. The zero-order chi connectivity index (χ0) is 17.6. The first-order valence-corrected chi connectivity index (χ1v) is 10.5. The molecule has 0 unspecified atom stereocenters. The highest BCUT2D eigenvalue weighted by Gasteiger charge is 2.19. The van der Waals surface area contributed by atoms with Crippen LogP contribution in [0.1, 0.15) is 5.56 Å². The van der Waals surface area contributed by atoms with Gasteiger partial charge < -0.3 is 4.74 Å². The quantitative estimate of drug-likeness (QED) is 0.668. The zero-order valence-electron chi connectivity index (χ0n) is 13.0. The van der Waals surface area contributed by atoms with E-state index in [4.69, 9.17) is 27.9 Å². The van der Waals surface area contributed by atoms with Crippen molar-refractivity contribution in [2.75, 3.05) is 19.4 Å². The Bertz CT molecular complexity index is 798. The number of nitrogens with one attached hydrogen (secondary N) is 1. The molecule has 4 nitrogen and oxygen atoms in total. The summed E-state index contributed by atoms with van der Waals surface area (Å²) in [6.45, 7) is 0.309. The summed E-state index contributed by atoms with van der Waals surface area (Å²) in [4.78, 5) is 0.0392. The fourth-order valence-electron chi connectivity index (χ4n) is 2.00. The van der Waals surface area contributed by atoms with E-state index in [-0.39, 0.29) is 10.6 Å². The molecule has 0 saturated carbocycles. The first-order valence-electron chi connectivity index (χ1n) is 7.08. The number of benzene rings is 2. The molecule has 0 fully saturated rings. The largest absolute Gasteiger partial charge is 0.495 e. The number of ether oxygens (including phenoxy) is 1. The van der Waals surface area contributed by atoms with Gasteiger partial charge in [0.1, 0.15) is 10.6 Å². The average Bonchev–Trinajstić information content (AvgIpc) is 2.54. The minimum absolute atomic E-state index is 0.0392. The van der Waals surface area contributed by atoms with Crippen molar-refractivity contribution < 1.29 is 13.2 Å². The molecule has 0 aliphatic carbocycles. The van der Waals surface area contributed by atoms with Crippen LogP contribution < -0.4 is 9.46 Å². The minimum atomic E-state index is -3.67. The molecule has 8 heteroatoms. The van der Waals surface area contributed by atoms with Crippen LogP contribution in [0.25, 0.3) is 0 Å². The van der Waals surface area contributed by atoms with Crippen LogP contribution in [0.2, 0.25) is 10.0 Å². The highest BCUT2D eigenvalue weighted by Crippen LogP contribution is 2.26. The van der Waals surface area contributed by atoms with E-state index >= 15 is 0 Å². The Morgan fingerprint density at radius 2 is 1.88 bits per heavy atom. The van der Waals surface area contributed by atoms with Crippen LogP contribution in [-0.4, -0.2) is 27.8 Å². The molecule has 130 valence electrons. The third-order valence-corrected chi connectivity index (χ3v) is 6.09. The van der Waals surface area contributed by atoms with Gasteiger partial charge in [-0.2, -0.15) is 11.8 Å². The van der Waals surface area contributed by atoms with E-state index in [2.05, 4.69) is 4.72 Å². The number of halogens is 2. The molecule has 0 amide bonds. The van der Waals surface area contributed by atoms with Crippen LogP contribution in [0.5, 0.6) is 5.75 Å². The predicted molar refractivity (Wildman–Crippen MR) is 101 cm³/mol. The lowest BCUT2D eigenvalue weighted by molar-refractivity contribution is 0.402. The van der Waals surface area contributed by atoms with Crippen LogP contribution in [0.15, 0.2) is 47.4 Å². The van der Waals surface area contributed by atoms with Crippen LogP contribution in [0.4, 0.5) is 0 Å². The van der Waals surface area contributed by atoms with E-state index in [0.29, 0.717) is 22.3 Å². The summed E-state index contributed by atoms with van der Waals surface area (Å²) in [7, 11) is -2.25. The van der Waals surface area contributed by atoms with E-state index in [9.17, 15) is 8.42 Å². The van der Waals surface area contributed by atoms with Crippen molar-refractivity contribution in [1.82, 2.24) is 4.72 Å². The highest BCUT2D eigenvalue weighted by molar-refractivity contribution is 7.98. The molecule has 0 saturated heterocycles. The second-order valence-corrected chi connectivity index (χ2v) is 8.59. The van der Waals surface area contributed by atoms with Gasteiger partial charge in [0.05, 0.1) is 7.11 Å². The van der Waals surface area contributed by atoms with Crippen molar-refractivity contribution in [1.29, 1.82) is 0 Å². The van der Waals surface area contributed by atoms with E-state index in [1.165, 1.54) is 19.2 Å². The van der Waals surface area contributed by atoms with Crippen molar-refractivity contribution in [2.45, 2.75) is 10.6 Å². The Morgan fingerprint density at radius 3 is 2.58 bits per heavy atom. The van der Waals surface area contributed by atoms with Crippen molar-refractivity contribution in [3.8, 4) is 5.75 Å². The maximum Gasteiger partial charge on any atom is 0.244 e. The van der Waals surface area contributed by atoms with Gasteiger partial charge in [0.15, 0.2) is 0 Å². The number of rotatable bonds is 8.